The van der Waals surface area contributed by atoms with Gasteiger partial charge < -0.3 is 20.6 Å². The van der Waals surface area contributed by atoms with Crippen LogP contribution in [-0.2, 0) is 0 Å². The maximum atomic E-state index is 12.6. The highest BCUT2D eigenvalue weighted by atomic mass is 127. The average Bonchev–Trinajstić information content (AvgIpc) is 3.02. The van der Waals surface area contributed by atoms with E-state index in [1.807, 2.05) is 30.3 Å². The van der Waals surface area contributed by atoms with Crippen LogP contribution in [-0.4, -0.2) is 17.6 Å². The number of phenolic OH excluding ortho intramolecular Hbond substituents is 1. The molecule has 3 N–H and O–H groups in total. The molecule has 0 saturated heterocycles. The third-order valence-corrected chi connectivity index (χ3v) is 6.10. The second-order valence-electron chi connectivity index (χ2n) is 7.48. The van der Waals surface area contributed by atoms with E-state index in [2.05, 4.69) is 80.7 Å². The van der Waals surface area contributed by atoms with Crippen molar-refractivity contribution in [3.05, 3.63) is 100 Å². The predicted molar refractivity (Wildman–Crippen MR) is 139 cm³/mol. The predicted octanol–water partition coefficient (Wildman–Crippen LogP) is 6.48. The van der Waals surface area contributed by atoms with Gasteiger partial charge in [-0.3, -0.25) is 4.79 Å². The minimum Gasteiger partial charge on any atom is -0.507 e. The van der Waals surface area contributed by atoms with Crippen LogP contribution in [0.2, 0.25) is 0 Å². The molecule has 158 valence electrons. The van der Waals surface area contributed by atoms with Crippen molar-refractivity contribution < 1.29 is 9.90 Å². The topological polar surface area (TPSA) is 64.6 Å². The molecule has 0 aromatic heterocycles. The van der Waals surface area contributed by atoms with Crippen molar-refractivity contribution in [1.29, 1.82) is 0 Å². The van der Waals surface area contributed by atoms with Gasteiger partial charge in [0.25, 0.3) is 5.91 Å². The van der Waals surface area contributed by atoms with Crippen LogP contribution in [0, 0.1) is 3.57 Å². The molecule has 4 aromatic carbocycles. The van der Waals surface area contributed by atoms with Crippen LogP contribution in [0.25, 0.3) is 10.8 Å². The first-order valence-corrected chi connectivity index (χ1v) is 11.3. The molecule has 0 atom stereocenters. The van der Waals surface area contributed by atoms with Crippen molar-refractivity contribution in [1.82, 2.24) is 0 Å². The number of amides is 1. The molecule has 32 heavy (non-hydrogen) atoms. The molecule has 1 amide bonds. The first kappa shape index (κ1) is 20.4. The summed E-state index contributed by atoms with van der Waals surface area (Å²) in [5, 5.41) is 18.8. The largest absolute Gasteiger partial charge is 0.507 e. The van der Waals surface area contributed by atoms with Crippen LogP contribution in [0.5, 0.6) is 5.75 Å². The van der Waals surface area contributed by atoms with Gasteiger partial charge in [-0.15, -0.1) is 0 Å². The van der Waals surface area contributed by atoms with Crippen LogP contribution in [0.4, 0.5) is 22.7 Å². The zero-order valence-electron chi connectivity index (χ0n) is 17.0. The Labute approximate surface area is 199 Å². The second kappa shape index (κ2) is 8.55. The normalized spacial score (nSPS) is 12.7. The number of nitrogens with zero attached hydrogens (tertiary/aromatic N) is 1. The van der Waals surface area contributed by atoms with E-state index in [0.717, 1.165) is 27.2 Å². The summed E-state index contributed by atoms with van der Waals surface area (Å²) in [5.74, 6) is -0.376. The fourth-order valence-electron chi connectivity index (χ4n) is 3.87. The summed E-state index contributed by atoms with van der Waals surface area (Å²) in [6.07, 6.45) is 4.15. The number of rotatable bonds is 3. The summed E-state index contributed by atoms with van der Waals surface area (Å²) in [4.78, 5) is 14.7. The Balaban J connectivity index is 1.43. The summed E-state index contributed by atoms with van der Waals surface area (Å²) < 4.78 is 0.869. The lowest BCUT2D eigenvalue weighted by atomic mass is 10.1. The van der Waals surface area contributed by atoms with Crippen LogP contribution < -0.4 is 15.5 Å². The molecule has 1 aliphatic heterocycles. The molecular formula is C26H20IN3O2. The van der Waals surface area contributed by atoms with E-state index in [0.29, 0.717) is 5.69 Å². The summed E-state index contributed by atoms with van der Waals surface area (Å²) in [6.45, 7) is 0.741. The van der Waals surface area contributed by atoms with E-state index in [9.17, 15) is 9.90 Å². The first-order chi connectivity index (χ1) is 15.6. The molecular weight excluding hydrogens is 513 g/mol. The smallest absolute Gasteiger partial charge is 0.259 e. The molecule has 5 nitrogen and oxygen atoms in total. The van der Waals surface area contributed by atoms with Gasteiger partial charge in [0.2, 0.25) is 0 Å². The highest BCUT2D eigenvalue weighted by Gasteiger charge is 2.17. The Kier molecular flexibility index (Phi) is 5.45. The molecule has 5 rings (SSSR count). The number of halogens is 1. The Morgan fingerprint density at radius 1 is 1.00 bits per heavy atom. The molecule has 0 spiro atoms. The highest BCUT2D eigenvalue weighted by molar-refractivity contribution is 14.1. The van der Waals surface area contributed by atoms with E-state index < -0.39 is 0 Å². The molecule has 0 radical (unpaired) electrons. The third-order valence-electron chi connectivity index (χ3n) is 5.43. The SMILES string of the molecule is O=C(Nc1ccc(N2C=CCNc3c2ccc2ccccc32)cc1)c1ccc(I)cc1O. The number of carbonyl (C=O) groups excluding carboxylic acids is 1. The van der Waals surface area contributed by atoms with E-state index >= 15 is 0 Å². The fourth-order valence-corrected chi connectivity index (χ4v) is 4.35. The third kappa shape index (κ3) is 3.89. The minimum atomic E-state index is -0.345. The average molecular weight is 533 g/mol. The number of nitrogens with one attached hydrogen (secondary N) is 2. The van der Waals surface area contributed by atoms with Gasteiger partial charge in [0, 0.05) is 33.1 Å². The Hall–Kier alpha value is -3.52. The van der Waals surface area contributed by atoms with Gasteiger partial charge in [-0.05, 0) is 82.6 Å². The number of hydrogen-bond acceptors (Lipinski definition) is 4. The summed E-state index contributed by atoms with van der Waals surface area (Å²) in [7, 11) is 0. The number of carbonyl (C=O) groups is 1. The fraction of sp³-hybridized carbons (Fsp3) is 0.0385. The van der Waals surface area contributed by atoms with Gasteiger partial charge in [0.1, 0.15) is 5.75 Å². The second-order valence-corrected chi connectivity index (χ2v) is 8.72. The van der Waals surface area contributed by atoms with Crippen molar-refractivity contribution in [3.63, 3.8) is 0 Å². The highest BCUT2D eigenvalue weighted by Crippen LogP contribution is 2.39. The molecule has 6 heteroatoms. The summed E-state index contributed by atoms with van der Waals surface area (Å²) >= 11 is 2.10. The Morgan fingerprint density at radius 3 is 2.62 bits per heavy atom. The maximum absolute atomic E-state index is 12.6. The van der Waals surface area contributed by atoms with Crippen LogP contribution in [0.15, 0.2) is 91.1 Å². The molecule has 0 saturated carbocycles. The molecule has 0 bridgehead atoms. The molecule has 1 aliphatic rings. The standard InChI is InChI=1S/C26H20IN3O2/c27-18-7-12-22(24(31)16-18)26(32)29-19-8-10-20(11-9-19)30-15-3-14-28-25-21-5-2-1-4-17(21)6-13-23(25)30/h1-13,15-16,28,31H,14H2,(H,29,32). The summed E-state index contributed by atoms with van der Waals surface area (Å²) in [6, 6.07) is 25.2. The van der Waals surface area contributed by atoms with Crippen LogP contribution in [0.3, 0.4) is 0 Å². The molecule has 0 aliphatic carbocycles. The Morgan fingerprint density at radius 2 is 1.81 bits per heavy atom. The lowest BCUT2D eigenvalue weighted by molar-refractivity contribution is 0.102. The van der Waals surface area contributed by atoms with Crippen LogP contribution in [0.1, 0.15) is 10.4 Å². The minimum absolute atomic E-state index is 0.0305. The van der Waals surface area contributed by atoms with Crippen molar-refractivity contribution in [2.75, 3.05) is 22.1 Å². The first-order valence-electron chi connectivity index (χ1n) is 10.2. The van der Waals surface area contributed by atoms with Crippen molar-refractivity contribution in [2.24, 2.45) is 0 Å². The zero-order valence-corrected chi connectivity index (χ0v) is 19.2. The number of anilines is 4. The Bertz CT molecular complexity index is 1350. The number of benzene rings is 4. The maximum Gasteiger partial charge on any atom is 0.259 e. The molecule has 4 aromatic rings. The number of aromatic hydroxyl groups is 1. The number of hydrogen-bond donors (Lipinski definition) is 3. The molecule has 0 fully saturated rings. The lowest BCUT2D eigenvalue weighted by Crippen LogP contribution is -2.13. The quantitative estimate of drug-likeness (QED) is 0.264. The molecule has 1 heterocycles. The number of fused-ring (bicyclic) bond motifs is 3. The van der Waals surface area contributed by atoms with Crippen molar-refractivity contribution in [3.8, 4) is 5.75 Å². The van der Waals surface area contributed by atoms with Gasteiger partial charge in [0.05, 0.1) is 16.9 Å². The van der Waals surface area contributed by atoms with E-state index in [-0.39, 0.29) is 17.2 Å². The van der Waals surface area contributed by atoms with E-state index in [1.165, 1.54) is 10.8 Å². The van der Waals surface area contributed by atoms with Gasteiger partial charge in [-0.25, -0.2) is 0 Å². The molecule has 0 unspecified atom stereocenters. The van der Waals surface area contributed by atoms with Crippen molar-refractivity contribution in [2.45, 2.75) is 0 Å². The monoisotopic (exact) mass is 533 g/mol. The lowest BCUT2D eigenvalue weighted by Gasteiger charge is -2.23. The van der Waals surface area contributed by atoms with Gasteiger partial charge >= 0.3 is 0 Å². The summed E-state index contributed by atoms with van der Waals surface area (Å²) in [5.41, 5.74) is 4.05. The van der Waals surface area contributed by atoms with E-state index in [4.69, 9.17) is 0 Å². The van der Waals surface area contributed by atoms with E-state index in [1.54, 1.807) is 18.2 Å². The zero-order chi connectivity index (χ0) is 22.1. The van der Waals surface area contributed by atoms with Gasteiger partial charge in [0.15, 0.2) is 0 Å². The van der Waals surface area contributed by atoms with Gasteiger partial charge in [-0.2, -0.15) is 0 Å². The number of phenols is 1. The van der Waals surface area contributed by atoms with Gasteiger partial charge in [-0.1, -0.05) is 30.3 Å². The van der Waals surface area contributed by atoms with Crippen molar-refractivity contribution >= 4 is 62.0 Å². The van der Waals surface area contributed by atoms with Crippen LogP contribution >= 0.6 is 22.6 Å².